The molecule has 0 bridgehead atoms. The molecule has 1 aliphatic heterocycles. The fraction of sp³-hybridized carbons (Fsp3) is 0.467. The summed E-state index contributed by atoms with van der Waals surface area (Å²) in [6.45, 7) is 2.10. The van der Waals surface area contributed by atoms with Crippen LogP contribution in [0.3, 0.4) is 0 Å². The number of amides is 1. The lowest BCUT2D eigenvalue weighted by Gasteiger charge is -2.18. The van der Waals surface area contributed by atoms with Gasteiger partial charge in [-0.05, 0) is 40.9 Å². The molecular formula is C15H19BrN6O2. The Morgan fingerprint density at radius 3 is 2.67 bits per heavy atom. The number of halogens is 1. The van der Waals surface area contributed by atoms with Crippen LogP contribution in [0.4, 0.5) is 11.9 Å². The van der Waals surface area contributed by atoms with E-state index < -0.39 is 0 Å². The quantitative estimate of drug-likeness (QED) is 0.827. The van der Waals surface area contributed by atoms with Crippen molar-refractivity contribution in [1.29, 1.82) is 0 Å². The molecule has 3 rings (SSSR count). The van der Waals surface area contributed by atoms with Gasteiger partial charge in [0.1, 0.15) is 0 Å². The van der Waals surface area contributed by atoms with Gasteiger partial charge in [0.15, 0.2) is 16.3 Å². The van der Waals surface area contributed by atoms with Crippen LogP contribution in [0, 0.1) is 0 Å². The molecule has 1 N–H and O–H groups in total. The number of nitrogens with zero attached hydrogens (tertiary/aromatic N) is 5. The summed E-state index contributed by atoms with van der Waals surface area (Å²) in [5, 5.41) is 2.77. The number of furan rings is 1. The Labute approximate surface area is 148 Å². The third-order valence-corrected chi connectivity index (χ3v) is 4.08. The van der Waals surface area contributed by atoms with Crippen LogP contribution < -0.4 is 15.1 Å². The first-order valence-electron chi connectivity index (χ1n) is 7.73. The fourth-order valence-corrected chi connectivity index (χ4v) is 2.72. The van der Waals surface area contributed by atoms with Crippen molar-refractivity contribution in [3.63, 3.8) is 0 Å². The van der Waals surface area contributed by atoms with Gasteiger partial charge in [-0.15, -0.1) is 0 Å². The Hall–Kier alpha value is -2.16. The van der Waals surface area contributed by atoms with Crippen LogP contribution in [0.15, 0.2) is 21.2 Å². The van der Waals surface area contributed by atoms with Gasteiger partial charge in [-0.25, -0.2) is 0 Å². The molecule has 1 aliphatic rings. The molecule has 24 heavy (non-hydrogen) atoms. The monoisotopic (exact) mass is 394 g/mol. The Kier molecular flexibility index (Phi) is 4.98. The molecule has 0 radical (unpaired) electrons. The standard InChI is InChI=1S/C15H19BrN6O2/c1-21(2)14-18-12(19-15(20-14)22-7-3-4-8-22)9-17-13(23)10-5-6-11(16)24-10/h5-6H,3-4,7-9H2,1-2H3,(H,17,23). The maximum Gasteiger partial charge on any atom is 0.287 e. The molecule has 2 aromatic heterocycles. The summed E-state index contributed by atoms with van der Waals surface area (Å²) in [5.74, 6) is 1.70. The van der Waals surface area contributed by atoms with Crippen molar-refractivity contribution in [3.05, 3.63) is 28.4 Å². The second-order valence-corrected chi connectivity index (χ2v) is 6.51. The number of anilines is 2. The second-order valence-electron chi connectivity index (χ2n) is 5.73. The molecule has 128 valence electrons. The van der Waals surface area contributed by atoms with E-state index in [-0.39, 0.29) is 18.2 Å². The molecule has 1 amide bonds. The zero-order chi connectivity index (χ0) is 17.1. The first kappa shape index (κ1) is 16.7. The minimum atomic E-state index is -0.310. The van der Waals surface area contributed by atoms with E-state index in [1.807, 2.05) is 19.0 Å². The summed E-state index contributed by atoms with van der Waals surface area (Å²) in [6.07, 6.45) is 2.28. The SMILES string of the molecule is CN(C)c1nc(CNC(=O)c2ccc(Br)o2)nc(N2CCCC2)n1. The van der Waals surface area contributed by atoms with Gasteiger partial charge >= 0.3 is 0 Å². The van der Waals surface area contributed by atoms with Gasteiger partial charge in [0.05, 0.1) is 6.54 Å². The van der Waals surface area contributed by atoms with Crippen molar-refractivity contribution in [2.45, 2.75) is 19.4 Å². The number of carbonyl (C=O) groups excluding carboxylic acids is 1. The van der Waals surface area contributed by atoms with Crippen LogP contribution in [-0.4, -0.2) is 48.0 Å². The van der Waals surface area contributed by atoms with Crippen LogP contribution in [0.5, 0.6) is 0 Å². The molecule has 1 fully saturated rings. The van der Waals surface area contributed by atoms with Crippen LogP contribution in [0.1, 0.15) is 29.2 Å². The Morgan fingerprint density at radius 2 is 2.04 bits per heavy atom. The lowest BCUT2D eigenvalue weighted by Crippen LogP contribution is -2.27. The summed E-state index contributed by atoms with van der Waals surface area (Å²) in [4.78, 5) is 29.4. The number of hydrogen-bond acceptors (Lipinski definition) is 7. The van der Waals surface area contributed by atoms with Gasteiger partial charge in [0.2, 0.25) is 11.9 Å². The maximum absolute atomic E-state index is 12.1. The Bertz CT molecular complexity index is 727. The summed E-state index contributed by atoms with van der Waals surface area (Å²) in [6, 6.07) is 3.28. The summed E-state index contributed by atoms with van der Waals surface area (Å²) >= 11 is 3.18. The molecule has 9 heteroatoms. The highest BCUT2D eigenvalue weighted by Gasteiger charge is 2.18. The Morgan fingerprint density at radius 1 is 1.29 bits per heavy atom. The number of hydrogen-bond donors (Lipinski definition) is 1. The van der Waals surface area contributed by atoms with E-state index in [1.165, 1.54) is 0 Å². The fourth-order valence-electron chi connectivity index (χ4n) is 2.42. The van der Waals surface area contributed by atoms with E-state index in [0.717, 1.165) is 25.9 Å². The van der Waals surface area contributed by atoms with E-state index in [0.29, 0.717) is 22.4 Å². The molecule has 0 aromatic carbocycles. The van der Waals surface area contributed by atoms with Gasteiger partial charge in [0, 0.05) is 27.2 Å². The van der Waals surface area contributed by atoms with E-state index in [9.17, 15) is 4.79 Å². The van der Waals surface area contributed by atoms with Crippen molar-refractivity contribution >= 4 is 33.7 Å². The zero-order valence-corrected chi connectivity index (χ0v) is 15.2. The van der Waals surface area contributed by atoms with Crippen LogP contribution in [-0.2, 0) is 6.54 Å². The predicted octanol–water partition coefficient (Wildman–Crippen LogP) is 1.82. The van der Waals surface area contributed by atoms with E-state index in [2.05, 4.69) is 41.1 Å². The minimum Gasteiger partial charge on any atom is -0.444 e. The van der Waals surface area contributed by atoms with Crippen molar-refractivity contribution in [2.75, 3.05) is 37.0 Å². The lowest BCUT2D eigenvalue weighted by molar-refractivity contribution is 0.0921. The molecular weight excluding hydrogens is 376 g/mol. The van der Waals surface area contributed by atoms with Crippen molar-refractivity contribution in [2.24, 2.45) is 0 Å². The molecule has 1 saturated heterocycles. The number of aromatic nitrogens is 3. The lowest BCUT2D eigenvalue weighted by atomic mass is 10.4. The highest BCUT2D eigenvalue weighted by molar-refractivity contribution is 9.10. The first-order chi connectivity index (χ1) is 11.5. The molecule has 8 nitrogen and oxygen atoms in total. The van der Waals surface area contributed by atoms with Gasteiger partial charge in [-0.3, -0.25) is 4.79 Å². The molecule has 3 heterocycles. The van der Waals surface area contributed by atoms with Crippen LogP contribution in [0.25, 0.3) is 0 Å². The summed E-state index contributed by atoms with van der Waals surface area (Å²) < 4.78 is 5.75. The first-order valence-corrected chi connectivity index (χ1v) is 8.53. The van der Waals surface area contributed by atoms with Crippen molar-refractivity contribution in [3.8, 4) is 0 Å². The molecule has 0 saturated carbocycles. The average Bonchev–Trinajstić information content (AvgIpc) is 3.23. The summed E-state index contributed by atoms with van der Waals surface area (Å²) in [7, 11) is 3.76. The van der Waals surface area contributed by atoms with Gasteiger partial charge in [-0.1, -0.05) is 0 Å². The van der Waals surface area contributed by atoms with E-state index >= 15 is 0 Å². The largest absolute Gasteiger partial charge is 0.444 e. The topological polar surface area (TPSA) is 87.4 Å². The molecule has 0 spiro atoms. The highest BCUT2D eigenvalue weighted by atomic mass is 79.9. The van der Waals surface area contributed by atoms with E-state index in [1.54, 1.807) is 12.1 Å². The van der Waals surface area contributed by atoms with Crippen molar-refractivity contribution in [1.82, 2.24) is 20.3 Å². The summed E-state index contributed by atoms with van der Waals surface area (Å²) in [5.41, 5.74) is 0. The number of rotatable bonds is 5. The predicted molar refractivity (Wildman–Crippen MR) is 93.2 cm³/mol. The zero-order valence-electron chi connectivity index (χ0n) is 13.6. The third-order valence-electron chi connectivity index (χ3n) is 3.65. The van der Waals surface area contributed by atoms with Crippen molar-refractivity contribution < 1.29 is 9.21 Å². The Balaban J connectivity index is 1.75. The second kappa shape index (κ2) is 7.16. The van der Waals surface area contributed by atoms with Gasteiger partial charge in [0.25, 0.3) is 5.91 Å². The number of carbonyl (C=O) groups is 1. The molecule has 2 aromatic rings. The average molecular weight is 395 g/mol. The molecule has 0 aliphatic carbocycles. The third kappa shape index (κ3) is 3.84. The number of nitrogens with one attached hydrogen (secondary N) is 1. The van der Waals surface area contributed by atoms with Gasteiger partial charge in [-0.2, -0.15) is 15.0 Å². The molecule has 0 unspecified atom stereocenters. The van der Waals surface area contributed by atoms with Crippen LogP contribution >= 0.6 is 15.9 Å². The van der Waals surface area contributed by atoms with Crippen LogP contribution in [0.2, 0.25) is 0 Å². The highest BCUT2D eigenvalue weighted by Crippen LogP contribution is 2.18. The molecule has 0 atom stereocenters. The smallest absolute Gasteiger partial charge is 0.287 e. The maximum atomic E-state index is 12.1. The normalized spacial score (nSPS) is 14.0. The van der Waals surface area contributed by atoms with Gasteiger partial charge < -0.3 is 19.5 Å². The van der Waals surface area contributed by atoms with E-state index in [4.69, 9.17) is 4.42 Å². The minimum absolute atomic E-state index is 0.210.